The van der Waals surface area contributed by atoms with Gasteiger partial charge in [0.1, 0.15) is 0 Å². The first-order valence-corrected chi connectivity index (χ1v) is 4.92. The third kappa shape index (κ3) is 1.65. The maximum absolute atomic E-state index is 11.5. The topological polar surface area (TPSA) is 64.3 Å². The fourth-order valence-corrected chi connectivity index (χ4v) is 1.65. The second kappa shape index (κ2) is 4.32. The van der Waals surface area contributed by atoms with E-state index in [4.69, 9.17) is 5.11 Å². The lowest BCUT2D eigenvalue weighted by Gasteiger charge is -2.04. The summed E-state index contributed by atoms with van der Waals surface area (Å²) in [7, 11) is 1.31. The minimum atomic E-state index is -0.496. The number of rotatable bonds is 3. The van der Waals surface area contributed by atoms with E-state index in [-0.39, 0.29) is 12.4 Å². The highest BCUT2D eigenvalue weighted by molar-refractivity contribution is 5.91. The van der Waals surface area contributed by atoms with Gasteiger partial charge in [-0.1, -0.05) is 12.1 Å². The zero-order valence-electron chi connectivity index (χ0n) is 8.88. The lowest BCUT2D eigenvalue weighted by Crippen LogP contribution is -2.13. The van der Waals surface area contributed by atoms with E-state index in [2.05, 4.69) is 9.72 Å². The number of imidazole rings is 1. The van der Waals surface area contributed by atoms with Gasteiger partial charge in [0.05, 0.1) is 24.8 Å². The highest BCUT2D eigenvalue weighted by atomic mass is 16.5. The summed E-state index contributed by atoms with van der Waals surface area (Å²) in [5.74, 6) is -0.276. The molecular weight excluding hydrogens is 208 g/mol. The average Bonchev–Trinajstić information content (AvgIpc) is 2.68. The molecule has 0 saturated heterocycles. The number of benzene rings is 1. The number of carbonyl (C=O) groups excluding carboxylic acids is 1. The third-order valence-electron chi connectivity index (χ3n) is 2.35. The lowest BCUT2D eigenvalue weighted by atomic mass is 10.3. The van der Waals surface area contributed by atoms with E-state index in [0.717, 1.165) is 11.0 Å². The summed E-state index contributed by atoms with van der Waals surface area (Å²) < 4.78 is 6.30. The fraction of sp³-hybridized carbons (Fsp3) is 0.273. The highest BCUT2D eigenvalue weighted by Crippen LogP contribution is 2.16. The number of methoxy groups -OCH3 is 1. The van der Waals surface area contributed by atoms with Gasteiger partial charge in [0.15, 0.2) is 0 Å². The summed E-state index contributed by atoms with van der Waals surface area (Å²) in [6.07, 6.45) is 0. The fourth-order valence-electron chi connectivity index (χ4n) is 1.65. The zero-order valence-corrected chi connectivity index (χ0v) is 8.88. The number of hydrogen-bond acceptors (Lipinski definition) is 4. The number of esters is 1. The van der Waals surface area contributed by atoms with Crippen LogP contribution in [-0.4, -0.2) is 34.3 Å². The van der Waals surface area contributed by atoms with Crippen molar-refractivity contribution in [2.75, 3.05) is 13.7 Å². The van der Waals surface area contributed by atoms with Crippen molar-refractivity contribution in [3.8, 4) is 0 Å². The van der Waals surface area contributed by atoms with E-state index in [1.54, 1.807) is 4.57 Å². The van der Waals surface area contributed by atoms with Gasteiger partial charge in [-0.2, -0.15) is 0 Å². The molecule has 0 aliphatic carbocycles. The number of nitrogens with zero attached hydrogens (tertiary/aromatic N) is 2. The van der Waals surface area contributed by atoms with E-state index >= 15 is 0 Å². The minimum absolute atomic E-state index is 0.0512. The number of fused-ring (bicyclic) bond motifs is 1. The number of aliphatic hydroxyl groups excluding tert-OH is 1. The predicted octanol–water partition coefficient (Wildman–Crippen LogP) is 0.815. The van der Waals surface area contributed by atoms with Gasteiger partial charge in [0.25, 0.3) is 0 Å². The van der Waals surface area contributed by atoms with Crippen molar-refractivity contribution in [1.29, 1.82) is 0 Å². The maximum Gasteiger partial charge on any atom is 0.374 e. The van der Waals surface area contributed by atoms with Gasteiger partial charge in [0, 0.05) is 6.54 Å². The largest absolute Gasteiger partial charge is 0.463 e. The summed E-state index contributed by atoms with van der Waals surface area (Å²) in [6.45, 7) is 0.273. The molecule has 1 N–H and O–H groups in total. The van der Waals surface area contributed by atoms with Crippen molar-refractivity contribution in [2.24, 2.45) is 0 Å². The van der Waals surface area contributed by atoms with Crippen LogP contribution < -0.4 is 0 Å². The number of ether oxygens (including phenoxy) is 1. The van der Waals surface area contributed by atoms with Crippen molar-refractivity contribution < 1.29 is 14.6 Å². The Morgan fingerprint density at radius 2 is 2.25 bits per heavy atom. The van der Waals surface area contributed by atoms with Crippen LogP contribution in [0.4, 0.5) is 0 Å². The van der Waals surface area contributed by atoms with Crippen LogP contribution in [0.2, 0.25) is 0 Å². The monoisotopic (exact) mass is 220 g/mol. The van der Waals surface area contributed by atoms with Gasteiger partial charge in [-0.25, -0.2) is 9.78 Å². The van der Waals surface area contributed by atoms with Gasteiger partial charge in [0.2, 0.25) is 5.82 Å². The molecule has 2 rings (SSSR count). The van der Waals surface area contributed by atoms with Crippen molar-refractivity contribution in [2.45, 2.75) is 6.54 Å². The molecule has 0 atom stereocenters. The van der Waals surface area contributed by atoms with Crippen LogP contribution in [-0.2, 0) is 11.3 Å². The predicted molar refractivity (Wildman–Crippen MR) is 58.2 cm³/mol. The molecule has 84 valence electrons. The first-order chi connectivity index (χ1) is 7.77. The molecule has 16 heavy (non-hydrogen) atoms. The quantitative estimate of drug-likeness (QED) is 0.777. The Morgan fingerprint density at radius 3 is 2.94 bits per heavy atom. The molecule has 1 aromatic carbocycles. The molecule has 0 spiro atoms. The smallest absolute Gasteiger partial charge is 0.374 e. The van der Waals surface area contributed by atoms with Crippen LogP contribution >= 0.6 is 0 Å². The Kier molecular flexibility index (Phi) is 2.87. The molecule has 5 nitrogen and oxygen atoms in total. The van der Waals surface area contributed by atoms with Gasteiger partial charge >= 0.3 is 5.97 Å². The third-order valence-corrected chi connectivity index (χ3v) is 2.35. The van der Waals surface area contributed by atoms with Gasteiger partial charge < -0.3 is 14.4 Å². The van der Waals surface area contributed by atoms with E-state index in [9.17, 15) is 4.79 Å². The molecule has 2 aromatic rings. The molecule has 0 saturated carbocycles. The average molecular weight is 220 g/mol. The Hall–Kier alpha value is -1.88. The Bertz CT molecular complexity index is 519. The van der Waals surface area contributed by atoms with Crippen molar-refractivity contribution in [3.63, 3.8) is 0 Å². The van der Waals surface area contributed by atoms with Gasteiger partial charge in [-0.05, 0) is 12.1 Å². The molecule has 0 unspecified atom stereocenters. The molecule has 0 amide bonds. The van der Waals surface area contributed by atoms with Crippen LogP contribution in [0.5, 0.6) is 0 Å². The van der Waals surface area contributed by atoms with Crippen molar-refractivity contribution in [3.05, 3.63) is 30.1 Å². The molecule has 5 heteroatoms. The second-order valence-corrected chi connectivity index (χ2v) is 3.29. The maximum atomic E-state index is 11.5. The van der Waals surface area contributed by atoms with Crippen molar-refractivity contribution >= 4 is 17.0 Å². The Balaban J connectivity index is 2.62. The Morgan fingerprint density at radius 1 is 1.50 bits per heavy atom. The Labute approximate surface area is 92.3 Å². The van der Waals surface area contributed by atoms with E-state index < -0.39 is 5.97 Å². The number of hydrogen-bond donors (Lipinski definition) is 1. The molecule has 0 aliphatic rings. The molecule has 0 bridgehead atoms. The van der Waals surface area contributed by atoms with Crippen LogP contribution in [0.15, 0.2) is 24.3 Å². The van der Waals surface area contributed by atoms with Gasteiger partial charge in [-0.3, -0.25) is 0 Å². The van der Waals surface area contributed by atoms with Crippen LogP contribution in [0.3, 0.4) is 0 Å². The number of carbonyl (C=O) groups is 1. The summed E-state index contributed by atoms with van der Waals surface area (Å²) in [6, 6.07) is 7.37. The highest BCUT2D eigenvalue weighted by Gasteiger charge is 2.17. The molecule has 1 heterocycles. The molecular formula is C11H12N2O3. The van der Waals surface area contributed by atoms with Gasteiger partial charge in [-0.15, -0.1) is 0 Å². The van der Waals surface area contributed by atoms with E-state index in [1.807, 2.05) is 24.3 Å². The van der Waals surface area contributed by atoms with E-state index in [1.165, 1.54) is 7.11 Å². The van der Waals surface area contributed by atoms with Crippen molar-refractivity contribution in [1.82, 2.24) is 9.55 Å². The normalized spacial score (nSPS) is 10.6. The van der Waals surface area contributed by atoms with Crippen LogP contribution in [0.1, 0.15) is 10.6 Å². The SMILES string of the molecule is COC(=O)c1nc2ccccc2n1CCO. The van der Waals surface area contributed by atoms with Crippen LogP contribution in [0.25, 0.3) is 11.0 Å². The standard InChI is InChI=1S/C11H12N2O3/c1-16-11(15)10-12-8-4-2-3-5-9(8)13(10)6-7-14/h2-5,14H,6-7H2,1H3. The molecule has 0 radical (unpaired) electrons. The zero-order chi connectivity index (χ0) is 11.5. The van der Waals surface area contributed by atoms with Crippen LogP contribution in [0, 0.1) is 0 Å². The first-order valence-electron chi connectivity index (χ1n) is 4.92. The molecule has 0 fully saturated rings. The minimum Gasteiger partial charge on any atom is -0.463 e. The number of para-hydroxylation sites is 2. The summed E-state index contributed by atoms with van der Waals surface area (Å²) in [5.41, 5.74) is 1.54. The summed E-state index contributed by atoms with van der Waals surface area (Å²) in [5, 5.41) is 8.98. The molecule has 1 aromatic heterocycles. The lowest BCUT2D eigenvalue weighted by molar-refractivity contribution is 0.0580. The number of aliphatic hydroxyl groups is 1. The number of aromatic nitrogens is 2. The van der Waals surface area contributed by atoms with E-state index in [0.29, 0.717) is 6.54 Å². The molecule has 0 aliphatic heterocycles. The summed E-state index contributed by atoms with van der Waals surface area (Å²) >= 11 is 0. The summed E-state index contributed by atoms with van der Waals surface area (Å²) in [4.78, 5) is 15.7. The first kappa shape index (κ1) is 10.6. The second-order valence-electron chi connectivity index (χ2n) is 3.29.